The van der Waals surface area contributed by atoms with Crippen molar-refractivity contribution in [2.24, 2.45) is 5.84 Å². The van der Waals surface area contributed by atoms with Gasteiger partial charge in [-0.3, -0.25) is 11.3 Å². The van der Waals surface area contributed by atoms with Crippen LogP contribution in [0.25, 0.3) is 0 Å². The third kappa shape index (κ3) is 6.59. The Morgan fingerprint density at radius 3 is 2.47 bits per heavy atom. The smallest absolute Gasteiger partial charge is 0.271 e. The van der Waals surface area contributed by atoms with Gasteiger partial charge in [-0.1, -0.05) is 24.3 Å². The molecule has 0 heterocycles. The quantitative estimate of drug-likeness (QED) is 0.590. The second-order valence-electron chi connectivity index (χ2n) is 4.84. The molecular formula is C14H21F3N2. The molecule has 0 aromatic heterocycles. The van der Waals surface area contributed by atoms with E-state index in [1.807, 2.05) is 31.2 Å². The highest BCUT2D eigenvalue weighted by Crippen LogP contribution is 2.23. The van der Waals surface area contributed by atoms with Crippen molar-refractivity contribution >= 4 is 0 Å². The van der Waals surface area contributed by atoms with Gasteiger partial charge in [0.05, 0.1) is 0 Å². The number of hydrogen-bond donors (Lipinski definition) is 2. The van der Waals surface area contributed by atoms with E-state index in [1.54, 1.807) is 0 Å². The van der Waals surface area contributed by atoms with Crippen LogP contribution in [0.2, 0.25) is 0 Å². The van der Waals surface area contributed by atoms with Crippen LogP contribution in [0.5, 0.6) is 0 Å². The Hall–Kier alpha value is -1.07. The minimum absolute atomic E-state index is 0.0676. The lowest BCUT2D eigenvalue weighted by Crippen LogP contribution is -2.35. The van der Waals surface area contributed by atoms with Gasteiger partial charge in [0.1, 0.15) is 0 Å². The van der Waals surface area contributed by atoms with E-state index < -0.39 is 12.6 Å². The average Bonchev–Trinajstić information content (AvgIpc) is 2.34. The second kappa shape index (κ2) is 7.50. The van der Waals surface area contributed by atoms with Gasteiger partial charge in [-0.15, -0.1) is 0 Å². The predicted octanol–water partition coefficient (Wildman–Crippen LogP) is 3.49. The number of hydrazine groups is 1. The topological polar surface area (TPSA) is 38.0 Å². The van der Waals surface area contributed by atoms with E-state index in [4.69, 9.17) is 5.84 Å². The number of hydrogen-bond acceptors (Lipinski definition) is 2. The van der Waals surface area contributed by atoms with Crippen LogP contribution in [-0.2, 0) is 6.42 Å². The largest absolute Gasteiger partial charge is 0.389 e. The molecule has 0 aliphatic carbocycles. The molecule has 0 aliphatic heterocycles. The zero-order chi connectivity index (χ0) is 14.3. The van der Waals surface area contributed by atoms with Crippen LogP contribution < -0.4 is 11.3 Å². The summed E-state index contributed by atoms with van der Waals surface area (Å²) in [6.45, 7) is 2.03. The number of rotatable bonds is 7. The van der Waals surface area contributed by atoms with Gasteiger partial charge in [0, 0.05) is 12.5 Å². The van der Waals surface area contributed by atoms with E-state index in [9.17, 15) is 13.2 Å². The van der Waals surface area contributed by atoms with Crippen LogP contribution in [0, 0.1) is 6.92 Å². The molecule has 3 N–H and O–H groups in total. The van der Waals surface area contributed by atoms with Gasteiger partial charge in [0.15, 0.2) is 0 Å². The van der Waals surface area contributed by atoms with Crippen molar-refractivity contribution < 1.29 is 13.2 Å². The molecule has 1 aromatic rings. The molecule has 0 aliphatic rings. The summed E-state index contributed by atoms with van der Waals surface area (Å²) in [4.78, 5) is 0. The number of alkyl halides is 3. The lowest BCUT2D eigenvalue weighted by molar-refractivity contribution is -0.135. The van der Waals surface area contributed by atoms with Gasteiger partial charge in [-0.25, -0.2) is 0 Å². The summed E-state index contributed by atoms with van der Waals surface area (Å²) >= 11 is 0. The Kier molecular flexibility index (Phi) is 6.31. The molecule has 0 saturated carbocycles. The van der Waals surface area contributed by atoms with Crippen molar-refractivity contribution in [3.63, 3.8) is 0 Å². The third-order valence-corrected chi connectivity index (χ3v) is 3.27. The fourth-order valence-electron chi connectivity index (χ4n) is 2.08. The fraction of sp³-hybridized carbons (Fsp3) is 0.571. The Morgan fingerprint density at radius 1 is 1.21 bits per heavy atom. The second-order valence-corrected chi connectivity index (χ2v) is 4.84. The minimum atomic E-state index is -4.07. The summed E-state index contributed by atoms with van der Waals surface area (Å²) in [5, 5.41) is 0. The van der Waals surface area contributed by atoms with Gasteiger partial charge in [-0.2, -0.15) is 13.2 Å². The summed E-state index contributed by atoms with van der Waals surface area (Å²) in [5.41, 5.74) is 5.03. The highest BCUT2D eigenvalue weighted by atomic mass is 19.4. The monoisotopic (exact) mass is 274 g/mol. The van der Waals surface area contributed by atoms with E-state index in [0.29, 0.717) is 6.42 Å². The van der Waals surface area contributed by atoms with E-state index in [2.05, 4.69) is 5.43 Å². The predicted molar refractivity (Wildman–Crippen MR) is 70.5 cm³/mol. The molecule has 2 nitrogen and oxygen atoms in total. The third-order valence-electron chi connectivity index (χ3n) is 3.27. The first-order chi connectivity index (χ1) is 8.92. The lowest BCUT2D eigenvalue weighted by Gasteiger charge is -2.17. The summed E-state index contributed by atoms with van der Waals surface area (Å²) in [5.74, 6) is 5.39. The Balaban J connectivity index is 2.35. The number of nitrogens with two attached hydrogens (primary N) is 1. The minimum Gasteiger partial charge on any atom is -0.271 e. The van der Waals surface area contributed by atoms with Crippen LogP contribution in [0.15, 0.2) is 24.3 Å². The molecule has 19 heavy (non-hydrogen) atoms. The summed E-state index contributed by atoms with van der Waals surface area (Å²) in [6, 6.07) is 7.95. The van der Waals surface area contributed by atoms with Crippen LogP contribution in [-0.4, -0.2) is 12.2 Å². The lowest BCUT2D eigenvalue weighted by atomic mass is 9.98. The average molecular weight is 274 g/mol. The van der Waals surface area contributed by atoms with Crippen molar-refractivity contribution in [3.05, 3.63) is 35.4 Å². The fourth-order valence-corrected chi connectivity index (χ4v) is 2.08. The molecule has 0 fully saturated rings. The maximum Gasteiger partial charge on any atom is 0.389 e. The molecule has 108 valence electrons. The van der Waals surface area contributed by atoms with Crippen LogP contribution >= 0.6 is 0 Å². The summed E-state index contributed by atoms with van der Waals surface area (Å²) in [7, 11) is 0. The molecule has 1 unspecified atom stereocenters. The highest BCUT2D eigenvalue weighted by molar-refractivity contribution is 5.25. The van der Waals surface area contributed by atoms with Crippen molar-refractivity contribution in [2.75, 3.05) is 0 Å². The molecule has 1 aromatic carbocycles. The van der Waals surface area contributed by atoms with E-state index >= 15 is 0 Å². The molecule has 0 amide bonds. The Morgan fingerprint density at radius 2 is 1.89 bits per heavy atom. The van der Waals surface area contributed by atoms with Gasteiger partial charge in [0.2, 0.25) is 0 Å². The molecule has 0 radical (unpaired) electrons. The van der Waals surface area contributed by atoms with Crippen molar-refractivity contribution in [3.8, 4) is 0 Å². The maximum atomic E-state index is 12.1. The number of aryl methyl sites for hydroxylation is 2. The Labute approximate surface area is 112 Å². The highest BCUT2D eigenvalue weighted by Gasteiger charge is 2.26. The summed E-state index contributed by atoms with van der Waals surface area (Å²) in [6.07, 6.45) is -2.68. The molecule has 0 saturated heterocycles. The number of nitrogens with one attached hydrogen (secondary N) is 1. The number of halogens is 3. The Bertz CT molecular complexity index is 377. The van der Waals surface area contributed by atoms with Gasteiger partial charge in [-0.05, 0) is 43.7 Å². The molecule has 0 bridgehead atoms. The van der Waals surface area contributed by atoms with Crippen molar-refractivity contribution in [2.45, 2.75) is 51.2 Å². The molecule has 0 spiro atoms. The maximum absolute atomic E-state index is 12.1. The van der Waals surface area contributed by atoms with E-state index in [0.717, 1.165) is 12.8 Å². The van der Waals surface area contributed by atoms with E-state index in [1.165, 1.54) is 11.1 Å². The van der Waals surface area contributed by atoms with Gasteiger partial charge >= 0.3 is 6.18 Å². The standard InChI is InChI=1S/C14H21F3N2/c1-11-5-2-3-6-12(11)8-9-13(19-18)7-4-10-14(15,16)17/h2-3,5-6,13,19H,4,7-10,18H2,1H3. The summed E-state index contributed by atoms with van der Waals surface area (Å²) < 4.78 is 36.2. The van der Waals surface area contributed by atoms with Crippen molar-refractivity contribution in [1.82, 2.24) is 5.43 Å². The van der Waals surface area contributed by atoms with Crippen LogP contribution in [0.1, 0.15) is 36.8 Å². The van der Waals surface area contributed by atoms with E-state index in [-0.39, 0.29) is 12.5 Å². The number of benzene rings is 1. The SMILES string of the molecule is Cc1ccccc1CCC(CCCC(F)(F)F)NN. The normalized spacial score (nSPS) is 13.5. The first-order valence-electron chi connectivity index (χ1n) is 6.50. The van der Waals surface area contributed by atoms with Crippen LogP contribution in [0.4, 0.5) is 13.2 Å². The molecule has 1 atom stereocenters. The zero-order valence-corrected chi connectivity index (χ0v) is 11.1. The van der Waals surface area contributed by atoms with Crippen molar-refractivity contribution in [1.29, 1.82) is 0 Å². The zero-order valence-electron chi connectivity index (χ0n) is 11.1. The first kappa shape index (κ1) is 16.0. The molecule has 1 rings (SSSR count). The molecule has 5 heteroatoms. The van der Waals surface area contributed by atoms with Gasteiger partial charge in [0.25, 0.3) is 0 Å². The van der Waals surface area contributed by atoms with Crippen LogP contribution in [0.3, 0.4) is 0 Å². The van der Waals surface area contributed by atoms with Gasteiger partial charge < -0.3 is 0 Å². The first-order valence-corrected chi connectivity index (χ1v) is 6.50. The molecular weight excluding hydrogens is 253 g/mol.